The molecule has 2 nitrogen and oxygen atoms in total. The van der Waals surface area contributed by atoms with E-state index < -0.39 is 0 Å². The molecular formula is C16H25ClN2. The third-order valence-electron chi connectivity index (χ3n) is 4.48. The van der Waals surface area contributed by atoms with Crippen LogP contribution in [0.4, 0.5) is 0 Å². The van der Waals surface area contributed by atoms with Gasteiger partial charge in [-0.05, 0) is 70.9 Å². The summed E-state index contributed by atoms with van der Waals surface area (Å²) in [6.45, 7) is 7.17. The van der Waals surface area contributed by atoms with Gasteiger partial charge in [-0.2, -0.15) is 0 Å². The molecule has 1 aliphatic heterocycles. The Morgan fingerprint density at radius 3 is 2.32 bits per heavy atom. The highest BCUT2D eigenvalue weighted by Gasteiger charge is 2.35. The molecule has 1 aromatic carbocycles. The average Bonchev–Trinajstić information content (AvgIpc) is 2.92. The second-order valence-corrected chi connectivity index (χ2v) is 6.46. The molecule has 0 radical (unpaired) electrons. The Kier molecular flexibility index (Phi) is 4.88. The van der Waals surface area contributed by atoms with Crippen LogP contribution in [-0.4, -0.2) is 36.6 Å². The highest BCUT2D eigenvalue weighted by atomic mass is 35.5. The highest BCUT2D eigenvalue weighted by molar-refractivity contribution is 6.30. The second-order valence-electron chi connectivity index (χ2n) is 6.02. The van der Waals surface area contributed by atoms with Gasteiger partial charge < -0.3 is 5.32 Å². The zero-order valence-electron chi connectivity index (χ0n) is 12.2. The van der Waals surface area contributed by atoms with E-state index >= 15 is 0 Å². The van der Waals surface area contributed by atoms with Gasteiger partial charge in [0.2, 0.25) is 0 Å². The van der Waals surface area contributed by atoms with E-state index in [0.29, 0.717) is 6.04 Å². The number of benzene rings is 1. The summed E-state index contributed by atoms with van der Waals surface area (Å²) < 4.78 is 0. The van der Waals surface area contributed by atoms with Crippen molar-refractivity contribution in [3.05, 3.63) is 34.9 Å². The van der Waals surface area contributed by atoms with Gasteiger partial charge >= 0.3 is 0 Å². The largest absolute Gasteiger partial charge is 0.315 e. The summed E-state index contributed by atoms with van der Waals surface area (Å²) in [7, 11) is 2.07. The van der Waals surface area contributed by atoms with E-state index in [9.17, 15) is 0 Å². The van der Waals surface area contributed by atoms with E-state index in [-0.39, 0.29) is 5.54 Å². The van der Waals surface area contributed by atoms with Crippen LogP contribution in [0.5, 0.6) is 0 Å². The first-order valence-electron chi connectivity index (χ1n) is 7.21. The molecule has 0 spiro atoms. The van der Waals surface area contributed by atoms with E-state index in [4.69, 9.17) is 11.6 Å². The standard InChI is InChI=1S/C16H25ClN2/c1-16(2,19-10-4-5-11-19)15(18-3)12-13-6-8-14(17)9-7-13/h6-9,15,18H,4-5,10-12H2,1-3H3. The Balaban J connectivity index is 2.08. The van der Waals surface area contributed by atoms with E-state index in [0.717, 1.165) is 11.4 Å². The number of hydrogen-bond donors (Lipinski definition) is 1. The average molecular weight is 281 g/mol. The van der Waals surface area contributed by atoms with Gasteiger partial charge in [-0.1, -0.05) is 23.7 Å². The molecule has 2 rings (SSSR count). The molecule has 1 saturated heterocycles. The number of halogens is 1. The fraction of sp³-hybridized carbons (Fsp3) is 0.625. The molecule has 0 amide bonds. The van der Waals surface area contributed by atoms with Crippen molar-refractivity contribution in [3.63, 3.8) is 0 Å². The maximum absolute atomic E-state index is 5.95. The molecule has 0 aromatic heterocycles. The molecular weight excluding hydrogens is 256 g/mol. The lowest BCUT2D eigenvalue weighted by Gasteiger charge is -2.42. The zero-order chi connectivity index (χ0) is 13.9. The summed E-state index contributed by atoms with van der Waals surface area (Å²) in [6.07, 6.45) is 3.71. The number of likely N-dealkylation sites (N-methyl/N-ethyl adjacent to an activating group) is 1. The van der Waals surface area contributed by atoms with Crippen molar-refractivity contribution < 1.29 is 0 Å². The molecule has 1 atom stereocenters. The van der Waals surface area contributed by atoms with Crippen molar-refractivity contribution in [1.29, 1.82) is 0 Å². The molecule has 1 aromatic rings. The molecule has 1 aliphatic rings. The van der Waals surface area contributed by atoms with Crippen LogP contribution >= 0.6 is 11.6 Å². The third kappa shape index (κ3) is 3.50. The van der Waals surface area contributed by atoms with Gasteiger partial charge in [0.25, 0.3) is 0 Å². The van der Waals surface area contributed by atoms with Crippen molar-refractivity contribution in [2.45, 2.75) is 44.7 Å². The summed E-state index contributed by atoms with van der Waals surface area (Å²) in [4.78, 5) is 2.62. The van der Waals surface area contributed by atoms with Crippen molar-refractivity contribution in [1.82, 2.24) is 10.2 Å². The van der Waals surface area contributed by atoms with Crippen molar-refractivity contribution in [3.8, 4) is 0 Å². The Morgan fingerprint density at radius 2 is 1.79 bits per heavy atom. The predicted octanol–water partition coefficient (Wildman–Crippen LogP) is 3.34. The van der Waals surface area contributed by atoms with Gasteiger partial charge in [0.1, 0.15) is 0 Å². The van der Waals surface area contributed by atoms with Crippen LogP contribution in [0, 0.1) is 0 Å². The fourth-order valence-electron chi connectivity index (χ4n) is 3.08. The maximum atomic E-state index is 5.95. The van der Waals surface area contributed by atoms with E-state index in [1.165, 1.54) is 31.5 Å². The molecule has 19 heavy (non-hydrogen) atoms. The highest BCUT2D eigenvalue weighted by Crippen LogP contribution is 2.26. The molecule has 0 bridgehead atoms. The Hall–Kier alpha value is -0.570. The molecule has 1 heterocycles. The molecule has 0 saturated carbocycles. The minimum atomic E-state index is 0.185. The summed E-state index contributed by atoms with van der Waals surface area (Å²) >= 11 is 5.95. The normalized spacial score (nSPS) is 18.7. The van der Waals surface area contributed by atoms with Crippen LogP contribution in [0.2, 0.25) is 5.02 Å². The van der Waals surface area contributed by atoms with E-state index in [1.807, 2.05) is 12.1 Å². The number of nitrogens with one attached hydrogen (secondary N) is 1. The molecule has 0 aliphatic carbocycles. The van der Waals surface area contributed by atoms with Gasteiger partial charge in [-0.15, -0.1) is 0 Å². The van der Waals surface area contributed by atoms with Gasteiger partial charge in [0, 0.05) is 16.6 Å². The predicted molar refractivity (Wildman–Crippen MR) is 82.9 cm³/mol. The van der Waals surface area contributed by atoms with Crippen molar-refractivity contribution in [2.24, 2.45) is 0 Å². The Morgan fingerprint density at radius 1 is 1.21 bits per heavy atom. The van der Waals surface area contributed by atoms with E-state index in [2.05, 4.69) is 43.2 Å². The minimum Gasteiger partial charge on any atom is -0.315 e. The van der Waals surface area contributed by atoms with Gasteiger partial charge in [-0.3, -0.25) is 4.90 Å². The number of nitrogens with zero attached hydrogens (tertiary/aromatic N) is 1. The molecule has 1 N–H and O–H groups in total. The number of rotatable bonds is 5. The first kappa shape index (κ1) is 14.8. The van der Waals surface area contributed by atoms with Gasteiger partial charge in [0.15, 0.2) is 0 Å². The number of likely N-dealkylation sites (tertiary alicyclic amines) is 1. The molecule has 1 unspecified atom stereocenters. The minimum absolute atomic E-state index is 0.185. The summed E-state index contributed by atoms with van der Waals surface area (Å²) in [6, 6.07) is 8.67. The summed E-state index contributed by atoms with van der Waals surface area (Å²) in [5.74, 6) is 0. The molecule has 1 fully saturated rings. The number of hydrogen-bond acceptors (Lipinski definition) is 2. The Bertz CT molecular complexity index is 394. The van der Waals surface area contributed by atoms with Crippen LogP contribution in [0.1, 0.15) is 32.3 Å². The maximum Gasteiger partial charge on any atom is 0.0406 e. The summed E-state index contributed by atoms with van der Waals surface area (Å²) in [5, 5.41) is 4.32. The fourth-order valence-corrected chi connectivity index (χ4v) is 3.20. The SMILES string of the molecule is CNC(Cc1ccc(Cl)cc1)C(C)(C)N1CCCC1. The lowest BCUT2D eigenvalue weighted by Crippen LogP contribution is -2.57. The van der Waals surface area contributed by atoms with Crippen LogP contribution in [0.3, 0.4) is 0 Å². The molecule has 3 heteroatoms. The van der Waals surface area contributed by atoms with Crippen LogP contribution in [0.15, 0.2) is 24.3 Å². The molecule has 106 valence electrons. The van der Waals surface area contributed by atoms with Crippen LogP contribution in [-0.2, 0) is 6.42 Å². The van der Waals surface area contributed by atoms with Crippen LogP contribution in [0.25, 0.3) is 0 Å². The first-order chi connectivity index (χ1) is 9.04. The second kappa shape index (κ2) is 6.25. The topological polar surface area (TPSA) is 15.3 Å². The lowest BCUT2D eigenvalue weighted by atomic mass is 9.88. The van der Waals surface area contributed by atoms with Gasteiger partial charge in [-0.25, -0.2) is 0 Å². The smallest absolute Gasteiger partial charge is 0.0406 e. The van der Waals surface area contributed by atoms with Crippen molar-refractivity contribution in [2.75, 3.05) is 20.1 Å². The summed E-state index contributed by atoms with van der Waals surface area (Å²) in [5.41, 5.74) is 1.53. The monoisotopic (exact) mass is 280 g/mol. The first-order valence-corrected chi connectivity index (χ1v) is 7.58. The Labute approximate surface area is 122 Å². The van der Waals surface area contributed by atoms with E-state index in [1.54, 1.807) is 0 Å². The quantitative estimate of drug-likeness (QED) is 0.890. The zero-order valence-corrected chi connectivity index (χ0v) is 13.0. The van der Waals surface area contributed by atoms with Crippen molar-refractivity contribution >= 4 is 11.6 Å². The lowest BCUT2D eigenvalue weighted by molar-refractivity contribution is 0.110. The third-order valence-corrected chi connectivity index (χ3v) is 4.73. The van der Waals surface area contributed by atoms with Crippen LogP contribution < -0.4 is 5.32 Å². The van der Waals surface area contributed by atoms with Gasteiger partial charge in [0.05, 0.1) is 0 Å².